The summed E-state index contributed by atoms with van der Waals surface area (Å²) >= 11 is 0. The molecule has 114 valence electrons. The van der Waals surface area contributed by atoms with Crippen LogP contribution in [-0.2, 0) is 11.2 Å². The number of pyridine rings is 1. The maximum Gasteiger partial charge on any atom is 0.223 e. The van der Waals surface area contributed by atoms with Gasteiger partial charge in [0.1, 0.15) is 0 Å². The Labute approximate surface area is 131 Å². The lowest BCUT2D eigenvalue weighted by Gasteiger charge is -2.20. The Morgan fingerprint density at radius 2 is 2.09 bits per heavy atom. The van der Waals surface area contributed by atoms with E-state index in [2.05, 4.69) is 34.6 Å². The van der Waals surface area contributed by atoms with E-state index in [1.165, 1.54) is 30.2 Å². The predicted molar refractivity (Wildman–Crippen MR) is 87.4 cm³/mol. The lowest BCUT2D eigenvalue weighted by atomic mass is 9.88. The van der Waals surface area contributed by atoms with Crippen molar-refractivity contribution >= 4 is 16.8 Å². The summed E-state index contributed by atoms with van der Waals surface area (Å²) < 4.78 is 0. The highest BCUT2D eigenvalue weighted by molar-refractivity contribution is 5.82. The Morgan fingerprint density at radius 1 is 1.18 bits per heavy atom. The number of hydrogen-bond donors (Lipinski definition) is 1. The zero-order chi connectivity index (χ0) is 14.9. The molecule has 0 spiro atoms. The Bertz CT molecular complexity index is 691. The first-order valence-electron chi connectivity index (χ1n) is 8.41. The molecular weight excluding hydrogens is 272 g/mol. The Balaban J connectivity index is 1.37. The fourth-order valence-corrected chi connectivity index (χ4v) is 4.39. The molecule has 0 aliphatic heterocycles. The number of carbonyl (C=O) groups is 1. The normalized spacial score (nSPS) is 26.5. The van der Waals surface area contributed by atoms with Crippen LogP contribution in [0.4, 0.5) is 0 Å². The Hall–Kier alpha value is -1.90. The highest BCUT2D eigenvalue weighted by Crippen LogP contribution is 2.48. The van der Waals surface area contributed by atoms with Gasteiger partial charge in [0.25, 0.3) is 0 Å². The van der Waals surface area contributed by atoms with E-state index in [0.29, 0.717) is 12.5 Å². The summed E-state index contributed by atoms with van der Waals surface area (Å²) in [5.74, 6) is 2.04. The van der Waals surface area contributed by atoms with Crippen LogP contribution in [0.2, 0.25) is 0 Å². The van der Waals surface area contributed by atoms with Crippen molar-refractivity contribution in [2.24, 2.45) is 17.8 Å². The highest BCUT2D eigenvalue weighted by atomic mass is 16.1. The smallest absolute Gasteiger partial charge is 0.223 e. The Morgan fingerprint density at radius 3 is 2.91 bits per heavy atom. The second-order valence-electron chi connectivity index (χ2n) is 6.81. The summed E-state index contributed by atoms with van der Waals surface area (Å²) in [6, 6.07) is 10.3. The summed E-state index contributed by atoms with van der Waals surface area (Å²) in [7, 11) is 0. The lowest BCUT2D eigenvalue weighted by Crippen LogP contribution is -2.34. The van der Waals surface area contributed by atoms with E-state index in [0.717, 1.165) is 24.3 Å². The molecular formula is C19H22N2O. The van der Waals surface area contributed by atoms with Crippen molar-refractivity contribution in [3.8, 4) is 0 Å². The van der Waals surface area contributed by atoms with Crippen molar-refractivity contribution in [3.05, 3.63) is 42.1 Å². The van der Waals surface area contributed by atoms with Crippen molar-refractivity contribution in [2.75, 3.05) is 6.54 Å². The lowest BCUT2D eigenvalue weighted by molar-refractivity contribution is -0.126. The molecule has 1 aromatic heterocycles. The Kier molecular flexibility index (Phi) is 3.57. The summed E-state index contributed by atoms with van der Waals surface area (Å²) in [5.41, 5.74) is 2.27. The molecule has 4 rings (SSSR count). The number of nitrogens with one attached hydrogen (secondary N) is 1. The summed E-state index contributed by atoms with van der Waals surface area (Å²) in [6.45, 7) is 0.711. The largest absolute Gasteiger partial charge is 0.356 e. The molecule has 3 atom stereocenters. The van der Waals surface area contributed by atoms with Crippen LogP contribution in [0, 0.1) is 17.8 Å². The fraction of sp³-hybridized carbons (Fsp3) is 0.474. The third-order valence-corrected chi connectivity index (χ3v) is 5.48. The van der Waals surface area contributed by atoms with E-state index in [4.69, 9.17) is 0 Å². The molecule has 2 aliphatic rings. The van der Waals surface area contributed by atoms with Crippen molar-refractivity contribution in [1.29, 1.82) is 0 Å². The molecule has 2 bridgehead atoms. The first-order valence-corrected chi connectivity index (χ1v) is 8.41. The van der Waals surface area contributed by atoms with Gasteiger partial charge in [-0.2, -0.15) is 0 Å². The van der Waals surface area contributed by atoms with E-state index in [1.54, 1.807) is 0 Å². The van der Waals surface area contributed by atoms with E-state index in [9.17, 15) is 4.79 Å². The standard InChI is InChI=1S/C19H22N2O/c22-19(17-12-13-6-7-16(17)11-13)21-10-8-15-4-1-3-14-5-2-9-20-18(14)15/h1-5,9,13,16-17H,6-8,10-12H2,(H,21,22). The van der Waals surface area contributed by atoms with E-state index in [1.807, 2.05) is 12.3 Å². The van der Waals surface area contributed by atoms with Gasteiger partial charge in [-0.1, -0.05) is 30.7 Å². The molecule has 1 N–H and O–H groups in total. The van der Waals surface area contributed by atoms with Crippen LogP contribution in [0.5, 0.6) is 0 Å². The number of amides is 1. The summed E-state index contributed by atoms with van der Waals surface area (Å²) in [6.07, 6.45) is 7.68. The molecule has 1 heterocycles. The van der Waals surface area contributed by atoms with Crippen molar-refractivity contribution in [1.82, 2.24) is 10.3 Å². The van der Waals surface area contributed by atoms with Crippen LogP contribution in [0.15, 0.2) is 36.5 Å². The van der Waals surface area contributed by atoms with Gasteiger partial charge in [0.2, 0.25) is 5.91 Å². The van der Waals surface area contributed by atoms with Crippen LogP contribution < -0.4 is 5.32 Å². The quantitative estimate of drug-likeness (QED) is 0.940. The minimum Gasteiger partial charge on any atom is -0.356 e. The second kappa shape index (κ2) is 5.71. The highest BCUT2D eigenvalue weighted by Gasteiger charge is 2.42. The van der Waals surface area contributed by atoms with Crippen molar-refractivity contribution in [3.63, 3.8) is 0 Å². The molecule has 2 aliphatic carbocycles. The maximum absolute atomic E-state index is 12.4. The molecule has 22 heavy (non-hydrogen) atoms. The van der Waals surface area contributed by atoms with Gasteiger partial charge in [-0.05, 0) is 49.1 Å². The van der Waals surface area contributed by atoms with Gasteiger partial charge in [0.15, 0.2) is 0 Å². The molecule has 3 unspecified atom stereocenters. The third-order valence-electron chi connectivity index (χ3n) is 5.48. The number of carbonyl (C=O) groups excluding carboxylic acids is 1. The number of nitrogens with zero attached hydrogens (tertiary/aromatic N) is 1. The van der Waals surface area contributed by atoms with Gasteiger partial charge in [-0.25, -0.2) is 0 Å². The number of hydrogen-bond acceptors (Lipinski definition) is 2. The zero-order valence-corrected chi connectivity index (χ0v) is 12.8. The van der Waals surface area contributed by atoms with E-state index >= 15 is 0 Å². The molecule has 3 heteroatoms. The molecule has 0 saturated heterocycles. The van der Waals surface area contributed by atoms with Crippen molar-refractivity contribution in [2.45, 2.75) is 32.1 Å². The van der Waals surface area contributed by atoms with Gasteiger partial charge in [-0.3, -0.25) is 9.78 Å². The van der Waals surface area contributed by atoms with Crippen LogP contribution >= 0.6 is 0 Å². The van der Waals surface area contributed by atoms with Gasteiger partial charge < -0.3 is 5.32 Å². The van der Waals surface area contributed by atoms with Gasteiger partial charge in [0.05, 0.1) is 5.52 Å². The molecule has 3 nitrogen and oxygen atoms in total. The average molecular weight is 294 g/mol. The number of fused-ring (bicyclic) bond motifs is 3. The molecule has 2 fully saturated rings. The monoisotopic (exact) mass is 294 g/mol. The number of rotatable bonds is 4. The molecule has 0 radical (unpaired) electrons. The maximum atomic E-state index is 12.4. The molecule has 1 amide bonds. The van der Waals surface area contributed by atoms with Crippen LogP contribution in [0.1, 0.15) is 31.2 Å². The summed E-state index contributed by atoms with van der Waals surface area (Å²) in [4.78, 5) is 16.8. The minimum absolute atomic E-state index is 0.278. The number of para-hydroxylation sites is 1. The average Bonchev–Trinajstić information content (AvgIpc) is 3.18. The predicted octanol–water partition coefficient (Wildman–Crippen LogP) is 3.33. The fourth-order valence-electron chi connectivity index (χ4n) is 4.39. The van der Waals surface area contributed by atoms with E-state index < -0.39 is 0 Å². The van der Waals surface area contributed by atoms with Gasteiger partial charge >= 0.3 is 0 Å². The number of benzene rings is 1. The topological polar surface area (TPSA) is 42.0 Å². The third kappa shape index (κ3) is 2.49. The van der Waals surface area contributed by atoms with Gasteiger partial charge in [-0.15, -0.1) is 0 Å². The van der Waals surface area contributed by atoms with Crippen LogP contribution in [0.3, 0.4) is 0 Å². The van der Waals surface area contributed by atoms with Crippen molar-refractivity contribution < 1.29 is 4.79 Å². The molecule has 1 aromatic carbocycles. The number of aromatic nitrogens is 1. The SMILES string of the molecule is O=C(NCCc1cccc2cccnc12)C1CC2CCC1C2. The van der Waals surface area contributed by atoms with Gasteiger partial charge in [0, 0.05) is 24.0 Å². The summed E-state index contributed by atoms with van der Waals surface area (Å²) in [5, 5.41) is 4.32. The first kappa shape index (κ1) is 13.7. The minimum atomic E-state index is 0.278. The van der Waals surface area contributed by atoms with Crippen LogP contribution in [-0.4, -0.2) is 17.4 Å². The molecule has 2 aromatic rings. The second-order valence-corrected chi connectivity index (χ2v) is 6.81. The van der Waals surface area contributed by atoms with Crippen LogP contribution in [0.25, 0.3) is 10.9 Å². The van der Waals surface area contributed by atoms with E-state index in [-0.39, 0.29) is 11.8 Å². The zero-order valence-electron chi connectivity index (χ0n) is 12.8. The first-order chi connectivity index (χ1) is 10.8. The molecule has 2 saturated carbocycles.